The summed E-state index contributed by atoms with van der Waals surface area (Å²) in [5.74, 6) is -0.978. The number of hydrogen-bond donors (Lipinski definition) is 1. The van der Waals surface area contributed by atoms with Crippen molar-refractivity contribution in [3.8, 4) is 11.5 Å². The zero-order valence-corrected chi connectivity index (χ0v) is 19.5. The van der Waals surface area contributed by atoms with Gasteiger partial charge in [-0.2, -0.15) is 0 Å². The molecule has 7 nitrogen and oxygen atoms in total. The molecule has 0 saturated carbocycles. The summed E-state index contributed by atoms with van der Waals surface area (Å²) in [6.07, 6.45) is 0. The number of para-hydroxylation sites is 2. The van der Waals surface area contributed by atoms with Crippen LogP contribution in [0.2, 0.25) is 0 Å². The molecule has 0 atom stereocenters. The van der Waals surface area contributed by atoms with Crippen molar-refractivity contribution in [2.45, 2.75) is 13.8 Å². The molecule has 0 bridgehead atoms. The number of nitrogens with one attached hydrogen (secondary N) is 1. The average Bonchev–Trinajstić information content (AvgIpc) is 3.04. The molecule has 3 aromatic rings. The number of methoxy groups -OCH3 is 1. The predicted octanol–water partition coefficient (Wildman–Crippen LogP) is 4.97. The van der Waals surface area contributed by atoms with Gasteiger partial charge in [-0.05, 0) is 67.4 Å². The molecule has 3 aromatic carbocycles. The Morgan fingerprint density at radius 2 is 1.56 bits per heavy atom. The van der Waals surface area contributed by atoms with Gasteiger partial charge >= 0.3 is 5.97 Å². The SMILES string of the molecule is COc1ccccc1OC(=O)c1ccc(NC2=C(Cl)C(=O)N(c3cccc(C)c3C)C2=O)cc1. The van der Waals surface area contributed by atoms with Gasteiger partial charge in [-0.25, -0.2) is 9.69 Å². The van der Waals surface area contributed by atoms with Gasteiger partial charge in [0.1, 0.15) is 10.7 Å². The van der Waals surface area contributed by atoms with Gasteiger partial charge in [-0.1, -0.05) is 35.9 Å². The third kappa shape index (κ3) is 4.25. The number of anilines is 2. The summed E-state index contributed by atoms with van der Waals surface area (Å²) in [5.41, 5.74) is 2.99. The smallest absolute Gasteiger partial charge is 0.343 e. The first kappa shape index (κ1) is 23.1. The van der Waals surface area contributed by atoms with Crippen molar-refractivity contribution in [3.05, 3.63) is 94.1 Å². The molecular formula is C26H21ClN2O5. The molecule has 1 heterocycles. The lowest BCUT2D eigenvalue weighted by Gasteiger charge is -2.18. The molecule has 0 spiro atoms. The van der Waals surface area contributed by atoms with Crippen molar-refractivity contribution in [1.29, 1.82) is 0 Å². The van der Waals surface area contributed by atoms with Crippen LogP contribution in [0.4, 0.5) is 11.4 Å². The summed E-state index contributed by atoms with van der Waals surface area (Å²) >= 11 is 6.23. The van der Waals surface area contributed by atoms with Crippen LogP contribution in [-0.4, -0.2) is 24.9 Å². The molecule has 4 rings (SSSR count). The Morgan fingerprint density at radius 3 is 2.24 bits per heavy atom. The van der Waals surface area contributed by atoms with Gasteiger partial charge in [-0.15, -0.1) is 0 Å². The number of halogens is 1. The maximum Gasteiger partial charge on any atom is 0.343 e. The standard InChI is InChI=1S/C26H21ClN2O5/c1-15-7-6-8-19(16(15)2)29-24(30)22(27)23(25(29)31)28-18-13-11-17(12-14-18)26(32)34-21-10-5-4-9-20(21)33-3/h4-14,28H,1-3H3. The first-order valence-electron chi connectivity index (χ1n) is 10.4. The van der Waals surface area contributed by atoms with Crippen LogP contribution in [0.5, 0.6) is 11.5 Å². The van der Waals surface area contributed by atoms with E-state index in [1.165, 1.54) is 19.2 Å². The number of carbonyl (C=O) groups is 3. The highest BCUT2D eigenvalue weighted by Gasteiger charge is 2.39. The molecule has 1 aliphatic heterocycles. The summed E-state index contributed by atoms with van der Waals surface area (Å²) < 4.78 is 10.6. The molecule has 0 aromatic heterocycles. The van der Waals surface area contributed by atoms with Gasteiger partial charge in [0.15, 0.2) is 11.5 Å². The lowest BCUT2D eigenvalue weighted by Crippen LogP contribution is -2.33. The van der Waals surface area contributed by atoms with Crippen LogP contribution >= 0.6 is 11.6 Å². The molecule has 0 unspecified atom stereocenters. The molecular weight excluding hydrogens is 456 g/mol. The first-order chi connectivity index (χ1) is 16.3. The summed E-state index contributed by atoms with van der Waals surface area (Å²) in [5, 5.41) is 2.70. The fourth-order valence-corrected chi connectivity index (χ4v) is 3.72. The quantitative estimate of drug-likeness (QED) is 0.307. The summed E-state index contributed by atoms with van der Waals surface area (Å²) in [7, 11) is 1.49. The minimum atomic E-state index is -0.597. The van der Waals surface area contributed by atoms with Gasteiger partial charge in [-0.3, -0.25) is 9.59 Å². The molecule has 1 aliphatic rings. The van der Waals surface area contributed by atoms with Crippen LogP contribution in [-0.2, 0) is 9.59 Å². The number of aryl methyl sites for hydroxylation is 1. The van der Waals surface area contributed by atoms with Crippen molar-refractivity contribution in [1.82, 2.24) is 0 Å². The fraction of sp³-hybridized carbons (Fsp3) is 0.115. The molecule has 2 amide bonds. The zero-order chi connectivity index (χ0) is 24.4. The van der Waals surface area contributed by atoms with E-state index in [4.69, 9.17) is 21.1 Å². The zero-order valence-electron chi connectivity index (χ0n) is 18.7. The largest absolute Gasteiger partial charge is 0.493 e. The molecule has 8 heteroatoms. The Kier molecular flexibility index (Phi) is 6.38. The van der Waals surface area contributed by atoms with Crippen LogP contribution in [0.3, 0.4) is 0 Å². The van der Waals surface area contributed by atoms with Gasteiger partial charge in [0.2, 0.25) is 0 Å². The third-order valence-electron chi connectivity index (χ3n) is 5.51. The van der Waals surface area contributed by atoms with Crippen molar-refractivity contribution >= 4 is 40.8 Å². The molecule has 34 heavy (non-hydrogen) atoms. The molecule has 0 aliphatic carbocycles. The summed E-state index contributed by atoms with van der Waals surface area (Å²) in [4.78, 5) is 39.4. The average molecular weight is 477 g/mol. The van der Waals surface area contributed by atoms with E-state index in [1.54, 1.807) is 48.5 Å². The van der Waals surface area contributed by atoms with Gasteiger partial charge in [0, 0.05) is 5.69 Å². The lowest BCUT2D eigenvalue weighted by atomic mass is 10.1. The Hall–Kier alpha value is -4.10. The second kappa shape index (κ2) is 9.41. The maximum absolute atomic E-state index is 13.0. The van der Waals surface area contributed by atoms with Crippen LogP contribution in [0.25, 0.3) is 0 Å². The van der Waals surface area contributed by atoms with E-state index in [0.29, 0.717) is 28.4 Å². The second-order valence-corrected chi connectivity index (χ2v) is 7.97. The summed E-state index contributed by atoms with van der Waals surface area (Å²) in [6, 6.07) is 18.5. The lowest BCUT2D eigenvalue weighted by molar-refractivity contribution is -0.120. The number of nitrogens with zero attached hydrogens (tertiary/aromatic N) is 1. The van der Waals surface area contributed by atoms with Crippen LogP contribution < -0.4 is 19.7 Å². The number of benzene rings is 3. The highest BCUT2D eigenvalue weighted by molar-refractivity contribution is 6.53. The van der Waals surface area contributed by atoms with Gasteiger partial charge in [0.25, 0.3) is 11.8 Å². The maximum atomic E-state index is 13.0. The molecule has 1 N–H and O–H groups in total. The minimum absolute atomic E-state index is 0.0306. The number of imide groups is 1. The monoisotopic (exact) mass is 476 g/mol. The normalized spacial score (nSPS) is 13.4. The van der Waals surface area contributed by atoms with E-state index in [2.05, 4.69) is 5.32 Å². The third-order valence-corrected chi connectivity index (χ3v) is 5.86. The number of hydrogen-bond acceptors (Lipinski definition) is 6. The number of esters is 1. The van der Waals surface area contributed by atoms with Crippen molar-refractivity contribution in [3.63, 3.8) is 0 Å². The predicted molar refractivity (Wildman–Crippen MR) is 129 cm³/mol. The highest BCUT2D eigenvalue weighted by atomic mass is 35.5. The topological polar surface area (TPSA) is 84.9 Å². The van der Waals surface area contributed by atoms with Crippen LogP contribution in [0.15, 0.2) is 77.5 Å². The minimum Gasteiger partial charge on any atom is -0.493 e. The van der Waals surface area contributed by atoms with E-state index < -0.39 is 17.8 Å². The van der Waals surface area contributed by atoms with Gasteiger partial charge < -0.3 is 14.8 Å². The van der Waals surface area contributed by atoms with Crippen molar-refractivity contribution in [2.24, 2.45) is 0 Å². The second-order valence-electron chi connectivity index (χ2n) is 7.60. The van der Waals surface area contributed by atoms with E-state index in [9.17, 15) is 14.4 Å². The van der Waals surface area contributed by atoms with Crippen LogP contribution in [0, 0.1) is 13.8 Å². The Balaban J connectivity index is 1.51. The Bertz CT molecular complexity index is 1330. The van der Waals surface area contributed by atoms with Crippen molar-refractivity contribution in [2.75, 3.05) is 17.3 Å². The van der Waals surface area contributed by atoms with Crippen LogP contribution in [0.1, 0.15) is 21.5 Å². The van der Waals surface area contributed by atoms with E-state index >= 15 is 0 Å². The number of rotatable bonds is 6. The van der Waals surface area contributed by atoms with E-state index in [1.807, 2.05) is 19.9 Å². The molecule has 0 saturated heterocycles. The fourth-order valence-electron chi connectivity index (χ4n) is 3.50. The Labute approximate surface area is 201 Å². The molecule has 0 radical (unpaired) electrons. The first-order valence-corrected chi connectivity index (χ1v) is 10.8. The van der Waals surface area contributed by atoms with Crippen molar-refractivity contribution < 1.29 is 23.9 Å². The number of amides is 2. The summed E-state index contributed by atoms with van der Waals surface area (Å²) in [6.45, 7) is 3.74. The molecule has 0 fully saturated rings. The highest BCUT2D eigenvalue weighted by Crippen LogP contribution is 2.33. The Morgan fingerprint density at radius 1 is 0.882 bits per heavy atom. The van der Waals surface area contributed by atoms with E-state index in [-0.39, 0.29) is 10.7 Å². The number of ether oxygens (including phenoxy) is 2. The van der Waals surface area contributed by atoms with Gasteiger partial charge in [0.05, 0.1) is 18.4 Å². The molecule has 172 valence electrons. The van der Waals surface area contributed by atoms with E-state index in [0.717, 1.165) is 16.0 Å². The number of carbonyl (C=O) groups excluding carboxylic acids is 3.